The molecule has 2 aromatic carbocycles. The lowest BCUT2D eigenvalue weighted by molar-refractivity contribution is -0.156. The summed E-state index contributed by atoms with van der Waals surface area (Å²) >= 11 is 1.48. The van der Waals surface area contributed by atoms with E-state index in [0.717, 1.165) is 16.0 Å². The zero-order valence-corrected chi connectivity index (χ0v) is 27.2. The quantitative estimate of drug-likeness (QED) is 0.175. The van der Waals surface area contributed by atoms with Gasteiger partial charge in [-0.15, -0.1) is 0 Å². The first-order valence-electron chi connectivity index (χ1n) is 15.4. The van der Waals surface area contributed by atoms with Crippen molar-refractivity contribution in [1.29, 1.82) is 0 Å². The minimum absolute atomic E-state index is 0.0830. The largest absolute Gasteiger partial charge is 0.508 e. The zero-order valence-electron chi connectivity index (χ0n) is 26.4. The molecule has 12 nitrogen and oxygen atoms in total. The number of hydrogen-bond acceptors (Lipinski definition) is 10. The van der Waals surface area contributed by atoms with E-state index >= 15 is 0 Å². The summed E-state index contributed by atoms with van der Waals surface area (Å²) in [5.74, 6) is -2.79. The summed E-state index contributed by atoms with van der Waals surface area (Å²) in [6.45, 7) is -0.355. The first-order valence-corrected chi connectivity index (χ1v) is 16.8. The van der Waals surface area contributed by atoms with Gasteiger partial charge in [-0.1, -0.05) is 48.9 Å². The molecule has 0 radical (unpaired) electrons. The highest BCUT2D eigenvalue weighted by Crippen LogP contribution is 2.30. The fourth-order valence-corrected chi connectivity index (χ4v) is 6.11. The lowest BCUT2D eigenvalue weighted by Gasteiger charge is -2.39. The second-order valence-electron chi connectivity index (χ2n) is 11.4. The maximum atomic E-state index is 14.5. The Hall–Kier alpha value is -3.94. The number of nitrogens with two attached hydrogens (primary N) is 2. The normalized spacial score (nSPS) is 18.0. The summed E-state index contributed by atoms with van der Waals surface area (Å²) in [5, 5.41) is 15.0. The number of phenolic OH excluding ortho intramolecular Hbond substituents is 1. The van der Waals surface area contributed by atoms with Crippen LogP contribution in [-0.2, 0) is 41.6 Å². The van der Waals surface area contributed by atoms with Crippen molar-refractivity contribution in [2.75, 3.05) is 25.7 Å². The number of nitrogens with zero attached hydrogens (tertiary/aromatic N) is 1. The van der Waals surface area contributed by atoms with E-state index in [1.54, 1.807) is 12.1 Å². The lowest BCUT2D eigenvalue weighted by Crippen LogP contribution is -2.61. The molecule has 0 spiro atoms. The van der Waals surface area contributed by atoms with Crippen molar-refractivity contribution in [3.8, 4) is 5.75 Å². The van der Waals surface area contributed by atoms with Gasteiger partial charge in [-0.3, -0.25) is 28.9 Å². The van der Waals surface area contributed by atoms with E-state index in [-0.39, 0.29) is 38.0 Å². The second-order valence-corrected chi connectivity index (χ2v) is 12.4. The Balaban J connectivity index is 1.95. The number of hydrogen-bond donors (Lipinski definition) is 5. The monoisotopic (exact) mass is 655 g/mol. The summed E-state index contributed by atoms with van der Waals surface area (Å²) in [7, 11) is 1.30. The average molecular weight is 656 g/mol. The maximum Gasteiger partial charge on any atom is 0.308 e. The number of methoxy groups -OCH3 is 1. The first-order chi connectivity index (χ1) is 22.1. The van der Waals surface area contributed by atoms with E-state index in [1.165, 1.54) is 31.0 Å². The number of imide groups is 1. The Morgan fingerprint density at radius 3 is 2.24 bits per heavy atom. The van der Waals surface area contributed by atoms with Crippen LogP contribution >= 0.6 is 11.8 Å². The zero-order chi connectivity index (χ0) is 33.6. The Labute approximate surface area is 274 Å². The standard InChI is InChI=1S/C33H45N5O7S/c1-45-33(44)23-9-6-10-24(19-23)38(32(43)28(36-29(40)20-34)18-21-7-4-3-5-8-21)31(42)27(15-16-46-2)37-30(41)26(35)17-22-11-13-25(39)14-12-22/h3-5,7-8,11-14,23-24,26-28,39H,6,9-10,15-20,34-35H2,1-2H3,(H,36,40)(H,37,41)/t23-,24+,26+,27-,28+/m1/s1. The first kappa shape index (κ1) is 36.5. The van der Waals surface area contributed by atoms with E-state index in [9.17, 15) is 29.1 Å². The van der Waals surface area contributed by atoms with Crippen LogP contribution in [0.3, 0.4) is 0 Å². The number of carbonyl (C=O) groups excluding carboxylic acids is 5. The Kier molecular flexibility index (Phi) is 14.5. The Morgan fingerprint density at radius 2 is 1.61 bits per heavy atom. The van der Waals surface area contributed by atoms with Gasteiger partial charge < -0.3 is 31.9 Å². The molecule has 7 N–H and O–H groups in total. The van der Waals surface area contributed by atoms with Gasteiger partial charge >= 0.3 is 5.97 Å². The van der Waals surface area contributed by atoms with Crippen molar-refractivity contribution in [3.05, 3.63) is 65.7 Å². The highest BCUT2D eigenvalue weighted by Gasteiger charge is 2.42. The van der Waals surface area contributed by atoms with Gasteiger partial charge in [0, 0.05) is 12.5 Å². The van der Waals surface area contributed by atoms with Gasteiger partial charge in [-0.05, 0) is 67.4 Å². The fourth-order valence-electron chi connectivity index (χ4n) is 5.64. The molecule has 1 aliphatic rings. The van der Waals surface area contributed by atoms with Crippen molar-refractivity contribution in [1.82, 2.24) is 15.5 Å². The van der Waals surface area contributed by atoms with Crippen LogP contribution in [0.25, 0.3) is 0 Å². The predicted molar refractivity (Wildman–Crippen MR) is 175 cm³/mol. The van der Waals surface area contributed by atoms with Crippen LogP contribution in [0.2, 0.25) is 0 Å². The van der Waals surface area contributed by atoms with E-state index in [4.69, 9.17) is 16.2 Å². The highest BCUT2D eigenvalue weighted by atomic mass is 32.2. The molecule has 0 saturated heterocycles. The van der Waals surface area contributed by atoms with Crippen molar-refractivity contribution >= 4 is 41.4 Å². The average Bonchev–Trinajstić information content (AvgIpc) is 3.07. The van der Waals surface area contributed by atoms with Crippen LogP contribution in [0.5, 0.6) is 5.75 Å². The van der Waals surface area contributed by atoms with Gasteiger partial charge in [-0.2, -0.15) is 11.8 Å². The SMILES string of the molecule is COC(=O)[C@@H]1CCC[C@H](N(C(=O)[C@H](Cc2ccccc2)NC(=O)CN)C(=O)[C@@H](CCSC)NC(=O)[C@@H](N)Cc2ccc(O)cc2)C1. The summed E-state index contributed by atoms with van der Waals surface area (Å²) < 4.78 is 4.98. The van der Waals surface area contributed by atoms with E-state index < -0.39 is 59.7 Å². The minimum Gasteiger partial charge on any atom is -0.508 e. The molecule has 0 heterocycles. The molecule has 0 unspecified atom stereocenters. The van der Waals surface area contributed by atoms with Crippen molar-refractivity contribution in [2.24, 2.45) is 17.4 Å². The molecular formula is C33H45N5O7S. The topological polar surface area (TPSA) is 194 Å². The molecule has 4 amide bonds. The van der Waals surface area contributed by atoms with Crippen LogP contribution in [0, 0.1) is 5.92 Å². The third-order valence-corrected chi connectivity index (χ3v) is 8.72. The molecule has 46 heavy (non-hydrogen) atoms. The molecule has 250 valence electrons. The van der Waals surface area contributed by atoms with E-state index in [0.29, 0.717) is 25.0 Å². The van der Waals surface area contributed by atoms with Crippen molar-refractivity contribution < 1.29 is 33.8 Å². The van der Waals surface area contributed by atoms with Gasteiger partial charge in [0.2, 0.25) is 11.8 Å². The van der Waals surface area contributed by atoms with Gasteiger partial charge in [0.05, 0.1) is 25.6 Å². The fraction of sp³-hybridized carbons (Fsp3) is 0.485. The van der Waals surface area contributed by atoms with Gasteiger partial charge in [-0.25, -0.2) is 0 Å². The van der Waals surface area contributed by atoms with Crippen LogP contribution in [0.15, 0.2) is 54.6 Å². The number of amides is 4. The summed E-state index contributed by atoms with van der Waals surface area (Å²) in [6.07, 6.45) is 4.09. The smallest absolute Gasteiger partial charge is 0.308 e. The number of carbonyl (C=O) groups is 5. The number of benzene rings is 2. The van der Waals surface area contributed by atoms with Gasteiger partial charge in [0.15, 0.2) is 0 Å². The van der Waals surface area contributed by atoms with Crippen molar-refractivity contribution in [3.63, 3.8) is 0 Å². The minimum atomic E-state index is -1.13. The number of aromatic hydroxyl groups is 1. The Bertz CT molecular complexity index is 1330. The lowest BCUT2D eigenvalue weighted by atomic mass is 9.84. The molecule has 5 atom stereocenters. The Morgan fingerprint density at radius 1 is 0.957 bits per heavy atom. The molecule has 0 bridgehead atoms. The number of nitrogens with one attached hydrogen (secondary N) is 2. The number of phenols is 1. The molecule has 1 fully saturated rings. The highest BCUT2D eigenvalue weighted by molar-refractivity contribution is 7.98. The molecular weight excluding hydrogens is 610 g/mol. The third kappa shape index (κ3) is 10.6. The second kappa shape index (κ2) is 18.3. The summed E-state index contributed by atoms with van der Waals surface area (Å²) in [4.78, 5) is 68.4. The number of rotatable bonds is 15. The van der Waals surface area contributed by atoms with Crippen LogP contribution in [-0.4, -0.2) is 89.4 Å². The molecule has 1 saturated carbocycles. The molecule has 2 aromatic rings. The number of ether oxygens (including phenoxy) is 1. The molecule has 1 aliphatic carbocycles. The van der Waals surface area contributed by atoms with Gasteiger partial charge in [0.25, 0.3) is 11.8 Å². The van der Waals surface area contributed by atoms with E-state index in [2.05, 4.69) is 10.6 Å². The number of thioether (sulfide) groups is 1. The summed E-state index contributed by atoms with van der Waals surface area (Å²) in [6, 6.07) is 11.5. The van der Waals surface area contributed by atoms with Crippen LogP contribution < -0.4 is 22.1 Å². The molecule has 0 aliphatic heterocycles. The summed E-state index contributed by atoms with van der Waals surface area (Å²) in [5.41, 5.74) is 13.3. The van der Waals surface area contributed by atoms with Crippen molar-refractivity contribution in [2.45, 2.75) is 69.1 Å². The number of esters is 1. The van der Waals surface area contributed by atoms with E-state index in [1.807, 2.05) is 36.6 Å². The molecule has 3 rings (SSSR count). The van der Waals surface area contributed by atoms with Gasteiger partial charge in [0.1, 0.15) is 17.8 Å². The molecule has 13 heteroatoms. The maximum absolute atomic E-state index is 14.5. The predicted octanol–water partition coefficient (Wildman–Crippen LogP) is 1.27. The third-order valence-electron chi connectivity index (χ3n) is 8.08. The van der Waals surface area contributed by atoms with Crippen LogP contribution in [0.4, 0.5) is 0 Å². The van der Waals surface area contributed by atoms with Crippen LogP contribution in [0.1, 0.15) is 43.2 Å². The molecule has 0 aromatic heterocycles.